The van der Waals surface area contributed by atoms with Crippen molar-refractivity contribution in [1.29, 1.82) is 0 Å². The Morgan fingerprint density at radius 1 is 1.10 bits per heavy atom. The predicted molar refractivity (Wildman–Crippen MR) is 108 cm³/mol. The molecule has 0 N–H and O–H groups in total. The molecule has 0 aliphatic carbocycles. The first-order chi connectivity index (χ1) is 14.1. The normalized spacial score (nSPS) is 11.3. The molecule has 0 aliphatic heterocycles. The number of ether oxygens (including phenoxy) is 1. The van der Waals surface area contributed by atoms with Gasteiger partial charge in [-0.25, -0.2) is 17.7 Å². The lowest BCUT2D eigenvalue weighted by Gasteiger charge is -2.20. The summed E-state index contributed by atoms with van der Waals surface area (Å²) in [6.07, 6.45) is 1.55. The smallest absolute Gasteiger partial charge is 0.266 e. The van der Waals surface area contributed by atoms with Crippen LogP contribution in [0, 0.1) is 0 Å². The number of aromatic nitrogens is 3. The highest BCUT2D eigenvalue weighted by Crippen LogP contribution is 2.28. The van der Waals surface area contributed by atoms with Gasteiger partial charge in [-0.2, -0.15) is 4.98 Å². The van der Waals surface area contributed by atoms with Crippen LogP contribution in [0.25, 0.3) is 11.5 Å². The van der Waals surface area contributed by atoms with Crippen LogP contribution in [0.3, 0.4) is 0 Å². The maximum absolute atomic E-state index is 13.2. The maximum atomic E-state index is 13.2. The van der Waals surface area contributed by atoms with E-state index in [1.807, 2.05) is 0 Å². The third-order valence-electron chi connectivity index (χ3n) is 4.05. The van der Waals surface area contributed by atoms with E-state index < -0.39 is 10.0 Å². The molecule has 29 heavy (non-hydrogen) atoms. The zero-order chi connectivity index (χ0) is 20.3. The summed E-state index contributed by atoms with van der Waals surface area (Å²) in [6, 6.07) is 15.3. The molecule has 2 heterocycles. The number of hydrogen-bond acceptors (Lipinski definition) is 8. The van der Waals surface area contributed by atoms with Crippen LogP contribution in [0.1, 0.15) is 5.82 Å². The van der Waals surface area contributed by atoms with Crippen LogP contribution in [0.2, 0.25) is 0 Å². The average Bonchev–Trinajstić information content (AvgIpc) is 3.45. The molecule has 2 aromatic heterocycles. The van der Waals surface area contributed by atoms with E-state index in [0.717, 1.165) is 0 Å². The summed E-state index contributed by atoms with van der Waals surface area (Å²) in [5, 5.41) is 5.98. The summed E-state index contributed by atoms with van der Waals surface area (Å²) in [6.45, 7) is -0.107. The Balaban J connectivity index is 1.65. The first-order valence-corrected chi connectivity index (χ1v) is 10.8. The second-order valence-electron chi connectivity index (χ2n) is 5.88. The van der Waals surface area contributed by atoms with Crippen molar-refractivity contribution in [3.63, 3.8) is 0 Å². The molecule has 0 saturated carbocycles. The second kappa shape index (κ2) is 8.02. The molecule has 0 spiro atoms. The Morgan fingerprint density at radius 2 is 1.86 bits per heavy atom. The topological polar surface area (TPSA) is 98.4 Å². The SMILES string of the molecule is COc1ccc(-c2nc(CN(c3nccs3)S(=O)(=O)c3ccccc3)no2)cc1. The zero-order valence-corrected chi connectivity index (χ0v) is 16.9. The standard InChI is InChI=1S/C19H16N4O4S2/c1-26-15-9-7-14(8-10-15)18-21-17(22-27-18)13-23(19-20-11-12-28-19)29(24,25)16-5-3-2-4-6-16/h2-12H,13H2,1H3. The van der Waals surface area contributed by atoms with E-state index in [4.69, 9.17) is 9.26 Å². The van der Waals surface area contributed by atoms with Crippen LogP contribution in [-0.2, 0) is 16.6 Å². The fourth-order valence-corrected chi connectivity index (χ4v) is 4.88. The number of methoxy groups -OCH3 is 1. The molecule has 0 fully saturated rings. The highest BCUT2D eigenvalue weighted by atomic mass is 32.2. The molecule has 8 nitrogen and oxygen atoms in total. The Kier molecular flexibility index (Phi) is 5.28. The van der Waals surface area contributed by atoms with Crippen LogP contribution in [0.4, 0.5) is 5.13 Å². The van der Waals surface area contributed by atoms with Gasteiger partial charge in [0.2, 0.25) is 0 Å². The largest absolute Gasteiger partial charge is 0.497 e. The van der Waals surface area contributed by atoms with Crippen LogP contribution in [0.5, 0.6) is 5.75 Å². The highest BCUT2D eigenvalue weighted by Gasteiger charge is 2.28. The molecule has 0 saturated heterocycles. The summed E-state index contributed by atoms with van der Waals surface area (Å²) >= 11 is 1.21. The van der Waals surface area contributed by atoms with Crippen LogP contribution >= 0.6 is 11.3 Å². The van der Waals surface area contributed by atoms with Crippen molar-refractivity contribution in [2.45, 2.75) is 11.4 Å². The van der Waals surface area contributed by atoms with E-state index in [1.54, 1.807) is 61.2 Å². The van der Waals surface area contributed by atoms with Gasteiger partial charge in [0.25, 0.3) is 15.9 Å². The van der Waals surface area contributed by atoms with Gasteiger partial charge in [-0.05, 0) is 36.4 Å². The fraction of sp³-hybridized carbons (Fsp3) is 0.105. The van der Waals surface area contributed by atoms with E-state index >= 15 is 0 Å². The molecule has 0 atom stereocenters. The lowest BCUT2D eigenvalue weighted by molar-refractivity contribution is 0.414. The molecule has 148 valence electrons. The van der Waals surface area contributed by atoms with E-state index in [0.29, 0.717) is 22.3 Å². The Bertz CT molecular complexity index is 1170. The van der Waals surface area contributed by atoms with E-state index in [1.165, 1.54) is 27.8 Å². The third-order valence-corrected chi connectivity index (χ3v) is 6.71. The molecule has 0 bridgehead atoms. The van der Waals surface area contributed by atoms with Gasteiger partial charge in [0.05, 0.1) is 12.0 Å². The van der Waals surface area contributed by atoms with Crippen molar-refractivity contribution in [2.75, 3.05) is 11.4 Å². The van der Waals surface area contributed by atoms with Crippen LogP contribution < -0.4 is 9.04 Å². The number of benzene rings is 2. The molecule has 2 aromatic carbocycles. The minimum Gasteiger partial charge on any atom is -0.497 e. The highest BCUT2D eigenvalue weighted by molar-refractivity contribution is 7.93. The first kappa shape index (κ1) is 19.1. The number of anilines is 1. The first-order valence-electron chi connectivity index (χ1n) is 8.52. The average molecular weight is 428 g/mol. The van der Waals surface area contributed by atoms with Crippen molar-refractivity contribution < 1.29 is 17.7 Å². The summed E-state index contributed by atoms with van der Waals surface area (Å²) < 4.78 is 38.0. The monoisotopic (exact) mass is 428 g/mol. The van der Waals surface area contributed by atoms with Crippen molar-refractivity contribution in [3.8, 4) is 17.2 Å². The van der Waals surface area contributed by atoms with Crippen molar-refractivity contribution in [3.05, 3.63) is 72.0 Å². The molecule has 4 aromatic rings. The van der Waals surface area contributed by atoms with Crippen LogP contribution in [-0.4, -0.2) is 30.7 Å². The number of sulfonamides is 1. The second-order valence-corrected chi connectivity index (χ2v) is 8.62. The summed E-state index contributed by atoms with van der Waals surface area (Å²) in [7, 11) is -2.26. The summed E-state index contributed by atoms with van der Waals surface area (Å²) in [5.74, 6) is 1.22. The Morgan fingerprint density at radius 3 is 2.52 bits per heavy atom. The lowest BCUT2D eigenvalue weighted by atomic mass is 10.2. The number of hydrogen-bond donors (Lipinski definition) is 0. The molecular weight excluding hydrogens is 412 g/mol. The van der Waals surface area contributed by atoms with Crippen molar-refractivity contribution >= 4 is 26.5 Å². The van der Waals surface area contributed by atoms with Gasteiger partial charge in [0, 0.05) is 17.1 Å². The maximum Gasteiger partial charge on any atom is 0.266 e. The summed E-state index contributed by atoms with van der Waals surface area (Å²) in [4.78, 5) is 8.66. The Hall–Kier alpha value is -3.24. The minimum atomic E-state index is -3.84. The van der Waals surface area contributed by atoms with E-state index in [2.05, 4.69) is 15.1 Å². The van der Waals surface area contributed by atoms with Crippen molar-refractivity contribution in [1.82, 2.24) is 15.1 Å². The fourth-order valence-electron chi connectivity index (χ4n) is 2.61. The Labute approximate surface area is 171 Å². The number of thiazole rings is 1. The quantitative estimate of drug-likeness (QED) is 0.443. The third kappa shape index (κ3) is 3.98. The van der Waals surface area contributed by atoms with Gasteiger partial charge < -0.3 is 9.26 Å². The van der Waals surface area contributed by atoms with Gasteiger partial charge >= 0.3 is 0 Å². The number of nitrogens with zero attached hydrogens (tertiary/aromatic N) is 4. The molecule has 0 radical (unpaired) electrons. The van der Waals surface area contributed by atoms with Gasteiger partial charge in [0.1, 0.15) is 12.3 Å². The van der Waals surface area contributed by atoms with E-state index in [-0.39, 0.29) is 17.3 Å². The molecule has 0 unspecified atom stereocenters. The summed E-state index contributed by atoms with van der Waals surface area (Å²) in [5.41, 5.74) is 0.705. The van der Waals surface area contributed by atoms with Gasteiger partial charge in [-0.15, -0.1) is 11.3 Å². The van der Waals surface area contributed by atoms with Gasteiger partial charge in [-0.3, -0.25) is 0 Å². The minimum absolute atomic E-state index is 0.107. The number of rotatable bonds is 7. The van der Waals surface area contributed by atoms with Gasteiger partial charge in [0.15, 0.2) is 11.0 Å². The van der Waals surface area contributed by atoms with E-state index in [9.17, 15) is 8.42 Å². The molecule has 0 amide bonds. The molecule has 10 heteroatoms. The van der Waals surface area contributed by atoms with Crippen LogP contribution in [0.15, 0.2) is 75.6 Å². The van der Waals surface area contributed by atoms with Gasteiger partial charge in [-0.1, -0.05) is 23.4 Å². The van der Waals surface area contributed by atoms with Crippen molar-refractivity contribution in [2.24, 2.45) is 0 Å². The molecular formula is C19H16N4O4S2. The molecule has 4 rings (SSSR count). The molecule has 0 aliphatic rings. The predicted octanol–water partition coefficient (Wildman–Crippen LogP) is 3.60. The lowest BCUT2D eigenvalue weighted by Crippen LogP contribution is -2.31. The zero-order valence-electron chi connectivity index (χ0n) is 15.3.